The first-order valence-corrected chi connectivity index (χ1v) is 12.5. The van der Waals surface area contributed by atoms with Crippen molar-refractivity contribution in [3.05, 3.63) is 84.0 Å². The average molecular weight is 526 g/mol. The van der Waals surface area contributed by atoms with Crippen molar-refractivity contribution >= 4 is 35.2 Å². The van der Waals surface area contributed by atoms with Crippen molar-refractivity contribution in [1.82, 2.24) is 20.1 Å². The van der Waals surface area contributed by atoms with Crippen molar-refractivity contribution in [2.75, 3.05) is 18.5 Å². The van der Waals surface area contributed by atoms with Crippen LogP contribution in [0.4, 0.5) is 10.1 Å². The fraction of sp³-hybridized carbons (Fsp3) is 0.269. The molecule has 194 valence electrons. The molecule has 0 fully saturated rings. The van der Waals surface area contributed by atoms with Gasteiger partial charge in [0, 0.05) is 25.2 Å². The topological polar surface area (TPSA) is 115 Å². The second kappa shape index (κ2) is 13.4. The molecule has 9 nitrogen and oxygen atoms in total. The monoisotopic (exact) mass is 525 g/mol. The minimum Gasteiger partial charge on any atom is -0.462 e. The summed E-state index contributed by atoms with van der Waals surface area (Å²) in [5, 5.41) is 13.9. The summed E-state index contributed by atoms with van der Waals surface area (Å²) in [4.78, 5) is 36.8. The maximum Gasteiger partial charge on any atom is 0.338 e. The maximum atomic E-state index is 13.8. The van der Waals surface area contributed by atoms with Gasteiger partial charge in [0.25, 0.3) is 5.91 Å². The highest BCUT2D eigenvalue weighted by Gasteiger charge is 2.20. The van der Waals surface area contributed by atoms with E-state index in [0.29, 0.717) is 35.2 Å². The van der Waals surface area contributed by atoms with Crippen LogP contribution < -0.4 is 10.6 Å². The molecule has 1 atom stereocenters. The molecule has 0 spiro atoms. The van der Waals surface area contributed by atoms with E-state index in [1.807, 2.05) is 4.57 Å². The molecule has 11 heteroatoms. The standard InChI is InChI=1S/C26H28FN5O4S/c1-4-16-32-22(14-15-28-24(34)20-8-6-7-9-21(20)27)30-31-26(32)37-17(3)23(33)29-19-12-10-18(11-13-19)25(35)36-5-2/h4,6-13,17H,1,5,14-16H2,2-3H3,(H,28,34)(H,29,33)/t17-/m0/s1. The first-order chi connectivity index (χ1) is 17.8. The first-order valence-electron chi connectivity index (χ1n) is 11.6. The Balaban J connectivity index is 1.58. The van der Waals surface area contributed by atoms with Crippen LogP contribution in [0.2, 0.25) is 0 Å². The number of hydrogen-bond acceptors (Lipinski definition) is 7. The molecule has 3 aromatic rings. The van der Waals surface area contributed by atoms with Gasteiger partial charge in [0.05, 0.1) is 23.0 Å². The number of carbonyl (C=O) groups is 3. The summed E-state index contributed by atoms with van der Waals surface area (Å²) >= 11 is 1.23. The highest BCUT2D eigenvalue weighted by atomic mass is 32.2. The highest BCUT2D eigenvalue weighted by Crippen LogP contribution is 2.24. The van der Waals surface area contributed by atoms with Crippen LogP contribution in [0.3, 0.4) is 0 Å². The minimum absolute atomic E-state index is 0.0262. The van der Waals surface area contributed by atoms with Gasteiger partial charge < -0.3 is 19.9 Å². The number of nitrogens with zero attached hydrogens (tertiary/aromatic N) is 3. The average Bonchev–Trinajstić information content (AvgIpc) is 3.25. The maximum absolute atomic E-state index is 13.8. The van der Waals surface area contributed by atoms with Crippen LogP contribution in [0.5, 0.6) is 0 Å². The fourth-order valence-electron chi connectivity index (χ4n) is 3.29. The zero-order valence-electron chi connectivity index (χ0n) is 20.6. The summed E-state index contributed by atoms with van der Waals surface area (Å²) in [6.07, 6.45) is 2.04. The van der Waals surface area contributed by atoms with Crippen LogP contribution in [0.15, 0.2) is 66.3 Å². The second-order valence-corrected chi connectivity index (χ2v) is 9.14. The molecule has 0 unspecified atom stereocenters. The molecule has 2 amide bonds. The predicted octanol–water partition coefficient (Wildman–Crippen LogP) is 3.87. The minimum atomic E-state index is -0.587. The van der Waals surface area contributed by atoms with Gasteiger partial charge in [-0.05, 0) is 50.2 Å². The quantitative estimate of drug-likeness (QED) is 0.210. The van der Waals surface area contributed by atoms with Crippen LogP contribution in [0.25, 0.3) is 0 Å². The Hall–Kier alpha value is -3.99. The summed E-state index contributed by atoms with van der Waals surface area (Å²) in [7, 11) is 0. The van der Waals surface area contributed by atoms with Gasteiger partial charge in [-0.2, -0.15) is 0 Å². The van der Waals surface area contributed by atoms with E-state index in [2.05, 4.69) is 27.4 Å². The van der Waals surface area contributed by atoms with Crippen molar-refractivity contribution in [2.45, 2.75) is 37.2 Å². The predicted molar refractivity (Wildman–Crippen MR) is 139 cm³/mol. The van der Waals surface area contributed by atoms with Gasteiger partial charge in [0.15, 0.2) is 5.16 Å². The molecule has 3 rings (SSSR count). The molecular weight excluding hydrogens is 497 g/mol. The molecule has 1 heterocycles. The number of halogens is 1. The van der Waals surface area contributed by atoms with Crippen molar-refractivity contribution < 1.29 is 23.5 Å². The number of anilines is 1. The molecule has 1 aromatic heterocycles. The molecule has 0 saturated carbocycles. The third-order valence-corrected chi connectivity index (χ3v) is 6.25. The molecule has 37 heavy (non-hydrogen) atoms. The summed E-state index contributed by atoms with van der Waals surface area (Å²) in [6.45, 7) is 8.17. The Morgan fingerprint density at radius 2 is 1.89 bits per heavy atom. The Kier molecular flexibility index (Phi) is 9.96. The van der Waals surface area contributed by atoms with Crippen LogP contribution in [0.1, 0.15) is 40.4 Å². The zero-order chi connectivity index (χ0) is 26.8. The number of benzene rings is 2. The second-order valence-electron chi connectivity index (χ2n) is 7.83. The van der Waals surface area contributed by atoms with E-state index < -0.39 is 22.9 Å². The lowest BCUT2D eigenvalue weighted by molar-refractivity contribution is -0.115. The number of rotatable bonds is 12. The number of amides is 2. The molecule has 0 aliphatic rings. The van der Waals surface area contributed by atoms with Gasteiger partial charge in [-0.3, -0.25) is 9.59 Å². The van der Waals surface area contributed by atoms with Gasteiger partial charge in [0.1, 0.15) is 11.6 Å². The number of aromatic nitrogens is 3. The van der Waals surface area contributed by atoms with Crippen molar-refractivity contribution in [3.8, 4) is 0 Å². The van der Waals surface area contributed by atoms with Gasteiger partial charge in [-0.15, -0.1) is 16.8 Å². The van der Waals surface area contributed by atoms with Crippen molar-refractivity contribution in [3.63, 3.8) is 0 Å². The van der Waals surface area contributed by atoms with E-state index in [1.165, 1.54) is 30.0 Å². The van der Waals surface area contributed by atoms with E-state index in [0.717, 1.165) is 0 Å². The van der Waals surface area contributed by atoms with Crippen LogP contribution in [-0.2, 0) is 22.5 Å². The van der Waals surface area contributed by atoms with Crippen molar-refractivity contribution in [1.29, 1.82) is 0 Å². The molecule has 0 bridgehead atoms. The normalized spacial score (nSPS) is 11.4. The van der Waals surface area contributed by atoms with Crippen LogP contribution >= 0.6 is 11.8 Å². The van der Waals surface area contributed by atoms with E-state index in [4.69, 9.17) is 4.74 Å². The molecule has 0 saturated heterocycles. The summed E-state index contributed by atoms with van der Waals surface area (Å²) in [5.41, 5.74) is 0.920. The molecular formula is C26H28FN5O4S. The number of thioether (sulfide) groups is 1. The van der Waals surface area contributed by atoms with Gasteiger partial charge in [-0.25, -0.2) is 9.18 Å². The van der Waals surface area contributed by atoms with Crippen molar-refractivity contribution in [2.24, 2.45) is 0 Å². The molecule has 0 aliphatic carbocycles. The number of esters is 1. The van der Waals surface area contributed by atoms with E-state index in [9.17, 15) is 18.8 Å². The van der Waals surface area contributed by atoms with Crippen LogP contribution in [-0.4, -0.2) is 50.9 Å². The Labute approximate surface area is 218 Å². The summed E-state index contributed by atoms with van der Waals surface area (Å²) < 4.78 is 20.6. The first kappa shape index (κ1) is 27.6. The Morgan fingerprint density at radius 1 is 1.16 bits per heavy atom. The molecule has 2 aromatic carbocycles. The molecule has 0 aliphatic heterocycles. The number of ether oxygens (including phenoxy) is 1. The van der Waals surface area contributed by atoms with E-state index in [-0.39, 0.29) is 24.6 Å². The lowest BCUT2D eigenvalue weighted by Crippen LogP contribution is -2.27. The Morgan fingerprint density at radius 3 is 2.57 bits per heavy atom. The smallest absolute Gasteiger partial charge is 0.338 e. The largest absolute Gasteiger partial charge is 0.462 e. The number of hydrogen-bond donors (Lipinski definition) is 2. The third kappa shape index (κ3) is 7.50. The van der Waals surface area contributed by atoms with Crippen LogP contribution in [0, 0.1) is 5.82 Å². The summed E-state index contributed by atoms with van der Waals surface area (Å²) in [5.74, 6) is -1.17. The summed E-state index contributed by atoms with van der Waals surface area (Å²) in [6, 6.07) is 12.2. The lowest BCUT2D eigenvalue weighted by Gasteiger charge is -2.13. The van der Waals surface area contributed by atoms with Gasteiger partial charge >= 0.3 is 5.97 Å². The Bertz CT molecular complexity index is 1260. The zero-order valence-corrected chi connectivity index (χ0v) is 21.4. The third-order valence-electron chi connectivity index (χ3n) is 5.17. The highest BCUT2D eigenvalue weighted by molar-refractivity contribution is 8.00. The number of nitrogens with one attached hydrogen (secondary N) is 2. The molecule has 2 N–H and O–H groups in total. The lowest BCUT2D eigenvalue weighted by atomic mass is 10.2. The SMILES string of the molecule is C=CCn1c(CCNC(=O)c2ccccc2F)nnc1S[C@@H](C)C(=O)Nc1ccc(C(=O)OCC)cc1. The van der Waals surface area contributed by atoms with E-state index in [1.54, 1.807) is 50.3 Å². The number of carbonyl (C=O) groups excluding carboxylic acids is 3. The van der Waals surface area contributed by atoms with E-state index >= 15 is 0 Å². The van der Waals surface area contributed by atoms with Gasteiger partial charge in [-0.1, -0.05) is 30.0 Å². The van der Waals surface area contributed by atoms with Gasteiger partial charge in [0.2, 0.25) is 5.91 Å². The molecule has 0 radical (unpaired) electrons. The number of allylic oxidation sites excluding steroid dienone is 1. The fourth-order valence-corrected chi connectivity index (χ4v) is 4.17.